The summed E-state index contributed by atoms with van der Waals surface area (Å²) in [6.45, 7) is 0. The predicted molar refractivity (Wildman–Crippen MR) is 44.9 cm³/mol. The number of aromatic nitrogens is 1. The van der Waals surface area contributed by atoms with E-state index in [-0.39, 0.29) is 17.8 Å². The first-order valence-electron chi connectivity index (χ1n) is 3.88. The van der Waals surface area contributed by atoms with E-state index in [1.165, 1.54) is 0 Å². The van der Waals surface area contributed by atoms with Gasteiger partial charge in [0.25, 0.3) is 6.43 Å². The van der Waals surface area contributed by atoms with Gasteiger partial charge in [0, 0.05) is 0 Å². The molecule has 1 heterocycles. The van der Waals surface area contributed by atoms with Crippen molar-refractivity contribution in [2.45, 2.75) is 12.8 Å². The molecule has 0 amide bonds. The molecule has 0 aromatic carbocycles. The second-order valence-electron chi connectivity index (χ2n) is 2.64. The maximum absolute atomic E-state index is 12.4. The molecule has 1 aromatic rings. The van der Waals surface area contributed by atoms with Crippen LogP contribution in [0.15, 0.2) is 6.07 Å². The normalized spacial score (nSPS) is 9.67. The molecule has 0 aliphatic rings. The van der Waals surface area contributed by atoms with Gasteiger partial charge in [-0.3, -0.25) is 0 Å². The number of rotatable bonds is 2. The van der Waals surface area contributed by atoms with Crippen molar-refractivity contribution in [2.75, 3.05) is 0 Å². The monoisotopic (exact) mass is 209 g/mol. The van der Waals surface area contributed by atoms with Crippen LogP contribution in [0.2, 0.25) is 0 Å². The van der Waals surface area contributed by atoms with Gasteiger partial charge in [-0.15, -0.1) is 0 Å². The summed E-state index contributed by atoms with van der Waals surface area (Å²) in [5.41, 5.74) is -1.12. The van der Waals surface area contributed by atoms with Crippen molar-refractivity contribution in [3.05, 3.63) is 23.0 Å². The van der Waals surface area contributed by atoms with E-state index in [1.807, 2.05) is 0 Å². The zero-order valence-corrected chi connectivity index (χ0v) is 7.41. The first-order chi connectivity index (χ1) is 7.10. The number of aromatic hydroxyl groups is 1. The topological polar surface area (TPSA) is 80.7 Å². The van der Waals surface area contributed by atoms with Crippen molar-refractivity contribution >= 4 is 0 Å². The average Bonchev–Trinajstić information content (AvgIpc) is 2.21. The van der Waals surface area contributed by atoms with E-state index in [1.54, 1.807) is 12.1 Å². The van der Waals surface area contributed by atoms with Gasteiger partial charge in [-0.2, -0.15) is 10.5 Å². The lowest BCUT2D eigenvalue weighted by Crippen LogP contribution is -1.98. The third kappa shape index (κ3) is 2.18. The van der Waals surface area contributed by atoms with Crippen LogP contribution in [0.1, 0.15) is 23.4 Å². The van der Waals surface area contributed by atoms with Crippen LogP contribution in [0, 0.1) is 22.7 Å². The Hall–Kier alpha value is -2.21. The fourth-order valence-electron chi connectivity index (χ4n) is 1.03. The molecule has 0 spiro atoms. The molecule has 1 rings (SSSR count). The third-order valence-electron chi connectivity index (χ3n) is 1.69. The van der Waals surface area contributed by atoms with Gasteiger partial charge in [0.1, 0.15) is 17.5 Å². The molecule has 6 heteroatoms. The zero-order valence-electron chi connectivity index (χ0n) is 7.41. The number of pyridine rings is 1. The van der Waals surface area contributed by atoms with Crippen LogP contribution in [0.3, 0.4) is 0 Å². The molecular weight excluding hydrogens is 204 g/mol. The smallest absolute Gasteiger partial charge is 0.267 e. The molecule has 1 N–H and O–H groups in total. The van der Waals surface area contributed by atoms with Crippen LogP contribution >= 0.6 is 0 Å². The van der Waals surface area contributed by atoms with E-state index in [4.69, 9.17) is 10.5 Å². The minimum atomic E-state index is -2.91. The highest BCUT2D eigenvalue weighted by molar-refractivity contribution is 5.42. The molecule has 1 aromatic heterocycles. The second-order valence-corrected chi connectivity index (χ2v) is 2.64. The number of halogens is 2. The number of nitriles is 2. The van der Waals surface area contributed by atoms with Crippen molar-refractivity contribution in [2.24, 2.45) is 0 Å². The highest BCUT2D eigenvalue weighted by Gasteiger charge is 2.18. The summed E-state index contributed by atoms with van der Waals surface area (Å²) in [7, 11) is 0. The average molecular weight is 209 g/mol. The van der Waals surface area contributed by atoms with Gasteiger partial charge in [-0.05, 0) is 6.07 Å². The van der Waals surface area contributed by atoms with Gasteiger partial charge in [-0.1, -0.05) is 0 Å². The molecule has 0 radical (unpaired) electrons. The molecule has 0 aliphatic heterocycles. The molecule has 15 heavy (non-hydrogen) atoms. The molecule has 0 atom stereocenters. The fraction of sp³-hybridized carbons (Fsp3) is 0.222. The van der Waals surface area contributed by atoms with Crippen LogP contribution in [-0.2, 0) is 6.42 Å². The summed E-state index contributed by atoms with van der Waals surface area (Å²) in [4.78, 5) is 3.56. The first-order valence-corrected chi connectivity index (χ1v) is 3.88. The van der Waals surface area contributed by atoms with Crippen molar-refractivity contribution < 1.29 is 13.9 Å². The van der Waals surface area contributed by atoms with Gasteiger partial charge in [0.15, 0.2) is 0 Å². The quantitative estimate of drug-likeness (QED) is 0.803. The summed E-state index contributed by atoms with van der Waals surface area (Å²) < 4.78 is 24.8. The van der Waals surface area contributed by atoms with Crippen LogP contribution in [0.5, 0.6) is 5.75 Å². The fourth-order valence-corrected chi connectivity index (χ4v) is 1.03. The van der Waals surface area contributed by atoms with Crippen molar-refractivity contribution in [1.82, 2.24) is 4.98 Å². The van der Waals surface area contributed by atoms with Gasteiger partial charge in [-0.25, -0.2) is 13.8 Å². The molecule has 0 bridgehead atoms. The van der Waals surface area contributed by atoms with Gasteiger partial charge in [0.05, 0.1) is 23.7 Å². The third-order valence-corrected chi connectivity index (χ3v) is 1.69. The zero-order chi connectivity index (χ0) is 11.4. The number of nitrogens with zero attached hydrogens (tertiary/aromatic N) is 3. The van der Waals surface area contributed by atoms with Gasteiger partial charge < -0.3 is 5.11 Å². The van der Waals surface area contributed by atoms with Crippen LogP contribution < -0.4 is 0 Å². The molecular formula is C9H5F2N3O. The van der Waals surface area contributed by atoms with E-state index in [9.17, 15) is 13.9 Å². The molecule has 0 fully saturated rings. The highest BCUT2D eigenvalue weighted by atomic mass is 19.3. The summed E-state index contributed by atoms with van der Waals surface area (Å²) in [5.74, 6) is -0.717. The summed E-state index contributed by atoms with van der Waals surface area (Å²) in [6, 6.07) is 4.06. The van der Waals surface area contributed by atoms with Crippen molar-refractivity contribution in [1.29, 1.82) is 10.5 Å². The van der Waals surface area contributed by atoms with E-state index in [2.05, 4.69) is 4.98 Å². The Morgan fingerprint density at radius 1 is 1.47 bits per heavy atom. The Kier molecular flexibility index (Phi) is 3.14. The van der Waals surface area contributed by atoms with Crippen molar-refractivity contribution in [3.8, 4) is 17.9 Å². The molecule has 0 saturated carbocycles. The molecule has 0 aliphatic carbocycles. The Balaban J connectivity index is 3.36. The largest absolute Gasteiger partial charge is 0.505 e. The SMILES string of the molecule is N#CCc1nc(C#N)cc(C(F)F)c1O. The lowest BCUT2D eigenvalue weighted by Gasteiger charge is -2.06. The lowest BCUT2D eigenvalue weighted by molar-refractivity contribution is 0.147. The van der Waals surface area contributed by atoms with Crippen molar-refractivity contribution in [3.63, 3.8) is 0 Å². The number of hydrogen-bond acceptors (Lipinski definition) is 4. The summed E-state index contributed by atoms with van der Waals surface area (Å²) in [5, 5.41) is 26.2. The molecule has 76 valence electrons. The predicted octanol–water partition coefficient (Wildman–Crippen LogP) is 1.66. The van der Waals surface area contributed by atoms with Gasteiger partial charge >= 0.3 is 0 Å². The maximum atomic E-state index is 12.4. The standard InChI is InChI=1S/C9H5F2N3O/c10-9(11)6-3-5(4-13)14-7(1-2-12)8(6)15/h3,9,15H,1H2. The Morgan fingerprint density at radius 3 is 2.60 bits per heavy atom. The van der Waals surface area contributed by atoms with E-state index < -0.39 is 17.7 Å². The van der Waals surface area contributed by atoms with Crippen LogP contribution in [-0.4, -0.2) is 10.1 Å². The summed E-state index contributed by atoms with van der Waals surface area (Å²) >= 11 is 0. The van der Waals surface area contributed by atoms with Crippen LogP contribution in [0.4, 0.5) is 8.78 Å². The number of hydrogen-bond donors (Lipinski definition) is 1. The van der Waals surface area contributed by atoms with E-state index in [0.29, 0.717) is 0 Å². The summed E-state index contributed by atoms with van der Waals surface area (Å²) in [6.07, 6.45) is -3.22. The first kappa shape index (κ1) is 10.9. The van der Waals surface area contributed by atoms with Gasteiger partial charge in [0.2, 0.25) is 0 Å². The maximum Gasteiger partial charge on any atom is 0.267 e. The van der Waals surface area contributed by atoms with Crippen LogP contribution in [0.25, 0.3) is 0 Å². The minimum absolute atomic E-state index is 0.202. The lowest BCUT2D eigenvalue weighted by atomic mass is 10.1. The highest BCUT2D eigenvalue weighted by Crippen LogP contribution is 2.30. The van der Waals surface area contributed by atoms with E-state index >= 15 is 0 Å². The number of alkyl halides is 2. The Morgan fingerprint density at radius 2 is 2.13 bits per heavy atom. The minimum Gasteiger partial charge on any atom is -0.505 e. The molecule has 4 nitrogen and oxygen atoms in total. The Bertz CT molecular complexity index is 460. The second kappa shape index (κ2) is 4.34. The Labute approximate surface area is 84.0 Å². The van der Waals surface area contributed by atoms with E-state index in [0.717, 1.165) is 6.07 Å². The molecule has 0 saturated heterocycles. The molecule has 0 unspecified atom stereocenters.